The van der Waals surface area contributed by atoms with Crippen molar-refractivity contribution >= 4 is 22.6 Å². The summed E-state index contributed by atoms with van der Waals surface area (Å²) in [7, 11) is 1.74. The highest BCUT2D eigenvalue weighted by Crippen LogP contribution is 2.20. The van der Waals surface area contributed by atoms with Gasteiger partial charge in [-0.15, -0.1) is 0 Å². The van der Waals surface area contributed by atoms with Crippen LogP contribution in [0.2, 0.25) is 0 Å². The fourth-order valence-electron chi connectivity index (χ4n) is 4.41. The zero-order chi connectivity index (χ0) is 22.3. The maximum absolute atomic E-state index is 12.9. The van der Waals surface area contributed by atoms with Crippen molar-refractivity contribution in [1.82, 2.24) is 25.2 Å². The number of aromatic amines is 2. The second-order valence-electron chi connectivity index (χ2n) is 8.46. The number of rotatable bonds is 10. The highest BCUT2D eigenvalue weighted by Gasteiger charge is 2.21. The largest absolute Gasteiger partial charge is 0.383 e. The number of piperazine rings is 1. The highest BCUT2D eigenvalue weighted by molar-refractivity contribution is 5.91. The van der Waals surface area contributed by atoms with E-state index in [1.54, 1.807) is 13.3 Å². The van der Waals surface area contributed by atoms with Crippen LogP contribution in [0.4, 0.5) is 5.82 Å². The van der Waals surface area contributed by atoms with Gasteiger partial charge in [-0.2, -0.15) is 0 Å². The second kappa shape index (κ2) is 10.7. The summed E-state index contributed by atoms with van der Waals surface area (Å²) in [4.78, 5) is 28.5. The van der Waals surface area contributed by atoms with E-state index in [1.807, 2.05) is 6.07 Å². The number of anilines is 1. The van der Waals surface area contributed by atoms with Crippen LogP contribution in [0.1, 0.15) is 35.9 Å². The van der Waals surface area contributed by atoms with Crippen molar-refractivity contribution in [2.45, 2.75) is 32.2 Å². The summed E-state index contributed by atoms with van der Waals surface area (Å²) < 4.78 is 5.17. The van der Waals surface area contributed by atoms with Crippen LogP contribution in [-0.2, 0) is 11.2 Å². The molecule has 0 radical (unpaired) electrons. The number of benzene rings is 1. The first-order chi connectivity index (χ1) is 15.7. The third-order valence-corrected chi connectivity index (χ3v) is 6.22. The van der Waals surface area contributed by atoms with Crippen molar-refractivity contribution in [3.05, 3.63) is 48.0 Å². The Morgan fingerprint density at radius 1 is 1.25 bits per heavy atom. The fraction of sp³-hybridized carbons (Fsp3) is 0.500. The average molecular weight is 439 g/mol. The molecular formula is C24H34N6O2. The van der Waals surface area contributed by atoms with Crippen molar-refractivity contribution in [1.29, 1.82) is 0 Å². The van der Waals surface area contributed by atoms with Gasteiger partial charge in [-0.05, 0) is 24.5 Å². The van der Waals surface area contributed by atoms with Gasteiger partial charge in [-0.1, -0.05) is 31.5 Å². The van der Waals surface area contributed by atoms with Crippen molar-refractivity contribution in [3.63, 3.8) is 0 Å². The molecule has 0 aliphatic carbocycles. The van der Waals surface area contributed by atoms with Crippen LogP contribution in [0, 0.1) is 0 Å². The summed E-state index contributed by atoms with van der Waals surface area (Å²) in [5.41, 5.74) is 2.35. The van der Waals surface area contributed by atoms with Gasteiger partial charge in [0.1, 0.15) is 5.82 Å². The SMILES string of the molecule is CCCC(Cc1c[nH]c2ccccc12)NC(=O)c1ncc(N2CCN(CCOC)CC2)[nH]1. The molecule has 1 aromatic carbocycles. The standard InChI is InChI=1S/C24H34N6O2/c1-3-6-19(15-18-16-25-21-8-5-4-7-20(18)21)27-24(31)23-26-17-22(28-23)30-11-9-29(10-12-30)13-14-32-2/h4-5,7-8,16-17,19,25H,3,6,9-15H2,1-2H3,(H,26,28)(H,27,31). The summed E-state index contributed by atoms with van der Waals surface area (Å²) in [5.74, 6) is 1.14. The molecule has 1 atom stereocenters. The smallest absolute Gasteiger partial charge is 0.287 e. The summed E-state index contributed by atoms with van der Waals surface area (Å²) in [6.07, 6.45) is 6.54. The van der Waals surface area contributed by atoms with Crippen LogP contribution in [0.3, 0.4) is 0 Å². The molecule has 3 N–H and O–H groups in total. The zero-order valence-electron chi connectivity index (χ0n) is 19.1. The molecule has 1 amide bonds. The minimum absolute atomic E-state index is 0.0598. The van der Waals surface area contributed by atoms with Gasteiger partial charge in [0.15, 0.2) is 5.82 Å². The maximum Gasteiger partial charge on any atom is 0.287 e. The third kappa shape index (κ3) is 5.31. The Kier molecular flexibility index (Phi) is 7.44. The maximum atomic E-state index is 12.9. The number of carbonyl (C=O) groups is 1. The Labute approximate surface area is 189 Å². The second-order valence-corrected chi connectivity index (χ2v) is 8.46. The monoisotopic (exact) mass is 438 g/mol. The summed E-state index contributed by atoms with van der Waals surface area (Å²) >= 11 is 0. The van der Waals surface area contributed by atoms with Crippen LogP contribution in [0.5, 0.6) is 0 Å². The molecule has 1 fully saturated rings. The van der Waals surface area contributed by atoms with E-state index >= 15 is 0 Å². The molecule has 4 rings (SSSR count). The predicted octanol–water partition coefficient (Wildman–Crippen LogP) is 2.80. The minimum Gasteiger partial charge on any atom is -0.383 e. The Morgan fingerprint density at radius 3 is 2.84 bits per heavy atom. The Hall–Kier alpha value is -2.84. The molecule has 8 heteroatoms. The number of aromatic nitrogens is 3. The number of ether oxygens (including phenoxy) is 1. The van der Waals surface area contributed by atoms with E-state index in [0.29, 0.717) is 5.82 Å². The number of carbonyl (C=O) groups excluding carboxylic acids is 1. The van der Waals surface area contributed by atoms with Gasteiger partial charge < -0.3 is 24.9 Å². The van der Waals surface area contributed by atoms with Crippen LogP contribution < -0.4 is 10.2 Å². The van der Waals surface area contributed by atoms with Gasteiger partial charge in [-0.25, -0.2) is 4.98 Å². The third-order valence-electron chi connectivity index (χ3n) is 6.22. The number of H-pyrrole nitrogens is 2. The minimum atomic E-state index is -0.145. The first-order valence-corrected chi connectivity index (χ1v) is 11.5. The Balaban J connectivity index is 1.36. The van der Waals surface area contributed by atoms with Crippen molar-refractivity contribution in [2.75, 3.05) is 51.3 Å². The summed E-state index contributed by atoms with van der Waals surface area (Å²) in [6.45, 7) is 7.63. The van der Waals surface area contributed by atoms with Crippen LogP contribution >= 0.6 is 0 Å². The van der Waals surface area contributed by atoms with Gasteiger partial charge in [0.25, 0.3) is 5.91 Å². The van der Waals surface area contributed by atoms with E-state index in [9.17, 15) is 4.79 Å². The lowest BCUT2D eigenvalue weighted by molar-refractivity contribution is 0.0925. The molecule has 3 aromatic rings. The van der Waals surface area contributed by atoms with E-state index in [1.165, 1.54) is 10.9 Å². The molecule has 1 unspecified atom stereocenters. The number of methoxy groups -OCH3 is 1. The number of hydrogen-bond acceptors (Lipinski definition) is 5. The van der Waals surface area contributed by atoms with E-state index in [4.69, 9.17) is 4.74 Å². The van der Waals surface area contributed by atoms with Crippen LogP contribution in [-0.4, -0.2) is 78.2 Å². The van der Waals surface area contributed by atoms with Crippen molar-refractivity contribution in [2.24, 2.45) is 0 Å². The predicted molar refractivity (Wildman–Crippen MR) is 127 cm³/mol. The topological polar surface area (TPSA) is 89.3 Å². The lowest BCUT2D eigenvalue weighted by Crippen LogP contribution is -2.47. The molecule has 2 aromatic heterocycles. The quantitative estimate of drug-likeness (QED) is 0.453. The molecule has 172 valence electrons. The average Bonchev–Trinajstić information content (AvgIpc) is 3.46. The molecule has 0 saturated carbocycles. The van der Waals surface area contributed by atoms with E-state index in [2.05, 4.69) is 61.4 Å². The molecule has 32 heavy (non-hydrogen) atoms. The number of amides is 1. The lowest BCUT2D eigenvalue weighted by atomic mass is 10.0. The molecule has 8 nitrogen and oxygen atoms in total. The van der Waals surface area contributed by atoms with Crippen molar-refractivity contribution in [3.8, 4) is 0 Å². The van der Waals surface area contributed by atoms with E-state index in [0.717, 1.165) is 69.9 Å². The Bertz CT molecular complexity index is 1000. The van der Waals surface area contributed by atoms with Gasteiger partial charge >= 0.3 is 0 Å². The molecule has 0 spiro atoms. The van der Waals surface area contributed by atoms with Crippen LogP contribution in [0.25, 0.3) is 10.9 Å². The number of para-hydroxylation sites is 1. The summed E-state index contributed by atoms with van der Waals surface area (Å²) in [6, 6.07) is 8.34. The lowest BCUT2D eigenvalue weighted by Gasteiger charge is -2.34. The molecule has 1 aliphatic rings. The fourth-order valence-corrected chi connectivity index (χ4v) is 4.41. The van der Waals surface area contributed by atoms with Gasteiger partial charge in [0.05, 0.1) is 12.8 Å². The normalized spacial score (nSPS) is 15.9. The molecule has 1 aliphatic heterocycles. The number of imidazole rings is 1. The highest BCUT2D eigenvalue weighted by atomic mass is 16.5. The molecule has 1 saturated heterocycles. The molecule has 0 bridgehead atoms. The van der Waals surface area contributed by atoms with E-state index < -0.39 is 0 Å². The van der Waals surface area contributed by atoms with Crippen LogP contribution in [0.15, 0.2) is 36.7 Å². The first kappa shape index (κ1) is 22.4. The van der Waals surface area contributed by atoms with Crippen molar-refractivity contribution < 1.29 is 9.53 Å². The number of nitrogens with one attached hydrogen (secondary N) is 3. The Morgan fingerprint density at radius 2 is 2.06 bits per heavy atom. The van der Waals surface area contributed by atoms with Gasteiger partial charge in [0.2, 0.25) is 0 Å². The van der Waals surface area contributed by atoms with Gasteiger partial charge in [0, 0.05) is 63.0 Å². The summed E-state index contributed by atoms with van der Waals surface area (Å²) in [5, 5.41) is 4.41. The number of nitrogens with zero attached hydrogens (tertiary/aromatic N) is 3. The number of hydrogen-bond donors (Lipinski definition) is 3. The molecular weight excluding hydrogens is 404 g/mol. The first-order valence-electron chi connectivity index (χ1n) is 11.5. The zero-order valence-corrected chi connectivity index (χ0v) is 19.1. The van der Waals surface area contributed by atoms with Gasteiger partial charge in [-0.3, -0.25) is 9.69 Å². The van der Waals surface area contributed by atoms with E-state index in [-0.39, 0.29) is 11.9 Å². The number of fused-ring (bicyclic) bond motifs is 1. The molecule has 3 heterocycles.